The lowest BCUT2D eigenvalue weighted by Gasteiger charge is -2.33. The molecule has 2 aliphatic rings. The van der Waals surface area contributed by atoms with E-state index in [4.69, 9.17) is 21.2 Å². The highest BCUT2D eigenvalue weighted by molar-refractivity contribution is 7.89. The quantitative estimate of drug-likeness (QED) is 0.420. The van der Waals surface area contributed by atoms with Crippen LogP contribution in [-0.4, -0.2) is 48.6 Å². The minimum absolute atomic E-state index is 0.0644. The van der Waals surface area contributed by atoms with Gasteiger partial charge >= 0.3 is 0 Å². The number of aryl methyl sites for hydroxylation is 1. The molecule has 39 heavy (non-hydrogen) atoms. The van der Waals surface area contributed by atoms with E-state index in [9.17, 15) is 8.42 Å². The molecule has 0 atom stereocenters. The van der Waals surface area contributed by atoms with E-state index in [-0.39, 0.29) is 22.7 Å². The summed E-state index contributed by atoms with van der Waals surface area (Å²) >= 11 is 0. The Labute approximate surface area is 230 Å². The summed E-state index contributed by atoms with van der Waals surface area (Å²) in [7, 11) is -3.91. The van der Waals surface area contributed by atoms with E-state index in [1.165, 1.54) is 5.56 Å². The van der Waals surface area contributed by atoms with Crippen molar-refractivity contribution in [3.8, 4) is 16.9 Å². The maximum atomic E-state index is 13.0. The number of ether oxygens (including phenoxy) is 1. The third-order valence-corrected chi connectivity index (χ3v) is 8.70. The molecule has 0 saturated carbocycles. The number of pyridine rings is 1. The fourth-order valence-electron chi connectivity index (χ4n) is 5.07. The van der Waals surface area contributed by atoms with Crippen LogP contribution in [0.25, 0.3) is 11.1 Å². The van der Waals surface area contributed by atoms with Crippen LogP contribution in [0.1, 0.15) is 50.9 Å². The fourth-order valence-corrected chi connectivity index (χ4v) is 6.40. The molecule has 0 spiro atoms. The highest BCUT2D eigenvalue weighted by Crippen LogP contribution is 2.39. The van der Waals surface area contributed by atoms with Gasteiger partial charge in [-0.1, -0.05) is 19.9 Å². The molecule has 5 N–H and O–H groups in total. The number of nitrogen functional groups attached to an aromatic ring is 1. The third kappa shape index (κ3) is 6.00. The van der Waals surface area contributed by atoms with E-state index in [1.807, 2.05) is 18.2 Å². The van der Waals surface area contributed by atoms with Crippen LogP contribution in [0, 0.1) is 5.41 Å². The Bertz CT molecular complexity index is 1500. The van der Waals surface area contributed by atoms with Crippen LogP contribution in [0.5, 0.6) is 5.75 Å². The van der Waals surface area contributed by atoms with Gasteiger partial charge in [-0.3, -0.25) is 0 Å². The van der Waals surface area contributed by atoms with Gasteiger partial charge in [-0.05, 0) is 62.3 Å². The molecule has 0 amide bonds. The van der Waals surface area contributed by atoms with Gasteiger partial charge in [0.2, 0.25) is 10.0 Å². The number of sulfonamides is 1. The molecule has 0 saturated heterocycles. The van der Waals surface area contributed by atoms with Crippen molar-refractivity contribution in [2.45, 2.75) is 63.9 Å². The molecular weight excluding hydrogens is 514 g/mol. The van der Waals surface area contributed by atoms with Crippen LogP contribution in [0.4, 0.5) is 11.6 Å². The summed E-state index contributed by atoms with van der Waals surface area (Å²) in [4.78, 5) is 15.7. The second-order valence-electron chi connectivity index (χ2n) is 12.0. The topological polar surface area (TPSA) is 149 Å². The first-order valence-corrected chi connectivity index (χ1v) is 14.7. The molecule has 1 aromatic carbocycles. The number of aromatic nitrogens is 3. The molecule has 10 nitrogen and oxygen atoms in total. The Hall–Kier alpha value is -3.28. The Balaban J connectivity index is 1.46. The molecule has 1 aliphatic heterocycles. The van der Waals surface area contributed by atoms with Crippen molar-refractivity contribution in [3.05, 3.63) is 53.6 Å². The van der Waals surface area contributed by atoms with Crippen LogP contribution in [0.3, 0.4) is 0 Å². The zero-order chi connectivity index (χ0) is 28.0. The van der Waals surface area contributed by atoms with E-state index >= 15 is 0 Å². The number of nitrogens with zero attached hydrogens (tertiary/aromatic N) is 4. The average molecular weight is 552 g/mol. The minimum Gasteiger partial charge on any atom is -0.491 e. The number of nitrogens with one attached hydrogen (secondary N) is 1. The van der Waals surface area contributed by atoms with Gasteiger partial charge < -0.3 is 21.1 Å². The molecule has 3 aromatic rings. The van der Waals surface area contributed by atoms with Crippen LogP contribution in [0.15, 0.2) is 41.7 Å². The van der Waals surface area contributed by atoms with E-state index in [2.05, 4.69) is 33.4 Å². The largest absolute Gasteiger partial charge is 0.491 e. The SMILES string of the molecule is CC(C)(N)CNS(=O)(=O)c1cc(-c2ccc3c(c2)CN(c2ncnc4c2CC(C)(C)CC4)CCO3)cnc1N. The summed E-state index contributed by atoms with van der Waals surface area (Å²) in [6.07, 6.45) is 6.25. The molecule has 2 aromatic heterocycles. The number of benzene rings is 1. The Morgan fingerprint density at radius 3 is 2.72 bits per heavy atom. The molecule has 208 valence electrons. The maximum absolute atomic E-state index is 13.0. The monoisotopic (exact) mass is 551 g/mol. The van der Waals surface area contributed by atoms with Crippen molar-refractivity contribution >= 4 is 21.7 Å². The average Bonchev–Trinajstić information content (AvgIpc) is 3.08. The van der Waals surface area contributed by atoms with Crippen LogP contribution in [-0.2, 0) is 29.4 Å². The Morgan fingerprint density at radius 2 is 1.95 bits per heavy atom. The predicted octanol–water partition coefficient (Wildman–Crippen LogP) is 3.05. The second kappa shape index (κ2) is 10.0. The smallest absolute Gasteiger partial charge is 0.244 e. The molecule has 0 radical (unpaired) electrons. The van der Waals surface area contributed by atoms with E-state index in [0.717, 1.165) is 47.7 Å². The van der Waals surface area contributed by atoms with E-state index < -0.39 is 15.6 Å². The summed E-state index contributed by atoms with van der Waals surface area (Å²) < 4.78 is 34.6. The zero-order valence-electron chi connectivity index (χ0n) is 23.0. The number of rotatable bonds is 6. The lowest BCUT2D eigenvalue weighted by molar-refractivity contribution is 0.310. The second-order valence-corrected chi connectivity index (χ2v) is 13.7. The fraction of sp³-hybridized carbons (Fsp3) is 0.464. The molecule has 0 fully saturated rings. The first kappa shape index (κ1) is 27.3. The number of anilines is 2. The van der Waals surface area contributed by atoms with Crippen molar-refractivity contribution in [2.24, 2.45) is 11.1 Å². The summed E-state index contributed by atoms with van der Waals surface area (Å²) in [5.74, 6) is 1.69. The number of fused-ring (bicyclic) bond motifs is 2. The van der Waals surface area contributed by atoms with Crippen molar-refractivity contribution in [1.29, 1.82) is 0 Å². The van der Waals surface area contributed by atoms with Gasteiger partial charge in [0.05, 0.1) is 6.54 Å². The van der Waals surface area contributed by atoms with Gasteiger partial charge in [-0.15, -0.1) is 0 Å². The molecule has 0 bridgehead atoms. The molecule has 5 rings (SSSR count). The Morgan fingerprint density at radius 1 is 1.15 bits per heavy atom. The van der Waals surface area contributed by atoms with E-state index in [0.29, 0.717) is 25.3 Å². The molecule has 1 aliphatic carbocycles. The van der Waals surface area contributed by atoms with E-state index in [1.54, 1.807) is 32.4 Å². The van der Waals surface area contributed by atoms with Gasteiger partial charge in [-0.2, -0.15) is 0 Å². The van der Waals surface area contributed by atoms with Crippen molar-refractivity contribution in [1.82, 2.24) is 19.7 Å². The number of hydrogen-bond donors (Lipinski definition) is 3. The summed E-state index contributed by atoms with van der Waals surface area (Å²) in [6, 6.07) is 7.40. The van der Waals surface area contributed by atoms with Gasteiger partial charge in [-0.25, -0.2) is 28.1 Å². The van der Waals surface area contributed by atoms with Crippen LogP contribution < -0.4 is 25.8 Å². The highest BCUT2D eigenvalue weighted by atomic mass is 32.2. The third-order valence-electron chi connectivity index (χ3n) is 7.27. The minimum atomic E-state index is -3.91. The van der Waals surface area contributed by atoms with Gasteiger partial charge in [0, 0.05) is 47.2 Å². The summed E-state index contributed by atoms with van der Waals surface area (Å²) in [5, 5.41) is 0. The van der Waals surface area contributed by atoms with Gasteiger partial charge in [0.25, 0.3) is 0 Å². The molecular formula is C28H37N7O3S. The summed E-state index contributed by atoms with van der Waals surface area (Å²) in [6.45, 7) is 9.97. The highest BCUT2D eigenvalue weighted by Gasteiger charge is 2.31. The first-order chi connectivity index (χ1) is 18.3. The molecule has 3 heterocycles. The standard InChI is InChI=1S/C28H37N7O3S/c1-27(2)8-7-22-21(13-27)26(33-17-32-22)35-9-10-38-23-6-5-18(11-20(23)15-35)19-12-24(25(29)31-14-19)39(36,37)34-16-28(3,4)30/h5-6,11-12,14,17,34H,7-10,13,15-16,30H2,1-4H3,(H2,29,31). The van der Waals surface area contributed by atoms with Gasteiger partial charge in [0.1, 0.15) is 35.2 Å². The zero-order valence-corrected chi connectivity index (χ0v) is 23.8. The number of hydrogen-bond acceptors (Lipinski definition) is 9. The molecule has 0 unspecified atom stereocenters. The van der Waals surface area contributed by atoms with Crippen molar-refractivity contribution < 1.29 is 13.2 Å². The number of nitrogens with two attached hydrogens (primary N) is 2. The van der Waals surface area contributed by atoms with Crippen molar-refractivity contribution in [2.75, 3.05) is 30.3 Å². The van der Waals surface area contributed by atoms with Gasteiger partial charge in [0.15, 0.2) is 0 Å². The maximum Gasteiger partial charge on any atom is 0.244 e. The normalized spacial score (nSPS) is 17.1. The lowest BCUT2D eigenvalue weighted by Crippen LogP contribution is -2.45. The van der Waals surface area contributed by atoms with Crippen LogP contribution in [0.2, 0.25) is 0 Å². The van der Waals surface area contributed by atoms with Crippen LogP contribution >= 0.6 is 0 Å². The Kier molecular flexibility index (Phi) is 7.02. The summed E-state index contributed by atoms with van der Waals surface area (Å²) in [5.41, 5.74) is 16.2. The predicted molar refractivity (Wildman–Crippen MR) is 152 cm³/mol. The lowest BCUT2D eigenvalue weighted by atomic mass is 9.76. The first-order valence-electron chi connectivity index (χ1n) is 13.2. The van der Waals surface area contributed by atoms with Crippen molar-refractivity contribution in [3.63, 3.8) is 0 Å². The molecule has 11 heteroatoms.